The van der Waals surface area contributed by atoms with Crippen LogP contribution in [0.25, 0.3) is 11.3 Å². The molecule has 1 amide bonds. The summed E-state index contributed by atoms with van der Waals surface area (Å²) in [5.41, 5.74) is 7.40. The average Bonchev–Trinajstić information content (AvgIpc) is 2.99. The van der Waals surface area contributed by atoms with Crippen LogP contribution in [-0.2, 0) is 13.5 Å². The monoisotopic (exact) mass is 347 g/mol. The minimum absolute atomic E-state index is 0.136. The molecule has 0 atom stereocenters. The second kappa shape index (κ2) is 7.56. The van der Waals surface area contributed by atoms with Crippen LogP contribution < -0.4 is 5.32 Å². The summed E-state index contributed by atoms with van der Waals surface area (Å²) in [5, 5.41) is 7.35. The van der Waals surface area contributed by atoms with Crippen molar-refractivity contribution >= 4 is 5.91 Å². The maximum absolute atomic E-state index is 12.4. The SMILES string of the molecule is Cc1cccc(CCNC(=O)c2cc(-c3ccc(C)c(C)c3)n(C)n2)c1. The fourth-order valence-electron chi connectivity index (χ4n) is 3.03. The number of nitrogens with one attached hydrogen (secondary N) is 1. The van der Waals surface area contributed by atoms with Gasteiger partial charge in [-0.05, 0) is 56.0 Å². The Balaban J connectivity index is 1.67. The van der Waals surface area contributed by atoms with E-state index in [2.05, 4.69) is 67.6 Å². The van der Waals surface area contributed by atoms with Crippen molar-refractivity contribution in [3.05, 3.63) is 76.5 Å². The molecule has 134 valence electrons. The van der Waals surface area contributed by atoms with E-state index in [0.717, 1.165) is 17.7 Å². The zero-order valence-electron chi connectivity index (χ0n) is 15.8. The summed E-state index contributed by atoms with van der Waals surface area (Å²) in [5.74, 6) is -0.136. The van der Waals surface area contributed by atoms with Gasteiger partial charge in [0.15, 0.2) is 5.69 Å². The van der Waals surface area contributed by atoms with Gasteiger partial charge in [0.25, 0.3) is 5.91 Å². The van der Waals surface area contributed by atoms with Gasteiger partial charge in [-0.25, -0.2) is 0 Å². The highest BCUT2D eigenvalue weighted by Gasteiger charge is 2.14. The molecule has 0 aliphatic heterocycles. The highest BCUT2D eigenvalue weighted by molar-refractivity contribution is 5.93. The second-order valence-corrected chi connectivity index (χ2v) is 6.83. The molecule has 0 aliphatic rings. The molecular weight excluding hydrogens is 322 g/mol. The van der Waals surface area contributed by atoms with Crippen LogP contribution in [0.15, 0.2) is 48.5 Å². The Morgan fingerprint density at radius 1 is 1.04 bits per heavy atom. The molecule has 0 fully saturated rings. The zero-order valence-corrected chi connectivity index (χ0v) is 15.8. The summed E-state index contributed by atoms with van der Waals surface area (Å²) < 4.78 is 1.76. The summed E-state index contributed by atoms with van der Waals surface area (Å²) in [7, 11) is 1.87. The molecule has 0 radical (unpaired) electrons. The molecule has 0 spiro atoms. The lowest BCUT2D eigenvalue weighted by Crippen LogP contribution is -2.26. The standard InChI is InChI=1S/C22H25N3O/c1-15-6-5-7-18(12-15)10-11-23-22(26)20-14-21(25(4)24-20)19-9-8-16(2)17(3)13-19/h5-9,12-14H,10-11H2,1-4H3,(H,23,26). The Labute approximate surface area is 154 Å². The van der Waals surface area contributed by atoms with Crippen LogP contribution in [-0.4, -0.2) is 22.2 Å². The average molecular weight is 347 g/mol. The molecule has 2 aromatic carbocycles. The summed E-state index contributed by atoms with van der Waals surface area (Å²) in [4.78, 5) is 12.4. The predicted octanol–water partition coefficient (Wildman–Crippen LogP) is 3.98. The number of carbonyl (C=O) groups excluding carboxylic acids is 1. The third-order valence-electron chi connectivity index (χ3n) is 4.70. The van der Waals surface area contributed by atoms with Crippen LogP contribution in [0.2, 0.25) is 0 Å². The minimum atomic E-state index is -0.136. The molecule has 0 bridgehead atoms. The first-order chi connectivity index (χ1) is 12.4. The smallest absolute Gasteiger partial charge is 0.271 e. The van der Waals surface area contributed by atoms with Crippen molar-refractivity contribution in [3.63, 3.8) is 0 Å². The quantitative estimate of drug-likeness (QED) is 0.759. The van der Waals surface area contributed by atoms with Crippen LogP contribution in [0.4, 0.5) is 0 Å². The Morgan fingerprint density at radius 3 is 2.58 bits per heavy atom. The lowest BCUT2D eigenvalue weighted by Gasteiger charge is -2.05. The van der Waals surface area contributed by atoms with Gasteiger partial charge in [0, 0.05) is 19.2 Å². The van der Waals surface area contributed by atoms with Crippen LogP contribution >= 0.6 is 0 Å². The number of benzene rings is 2. The van der Waals surface area contributed by atoms with Crippen LogP contribution in [0.3, 0.4) is 0 Å². The van der Waals surface area contributed by atoms with Gasteiger partial charge in [0.05, 0.1) is 5.69 Å². The van der Waals surface area contributed by atoms with Crippen molar-refractivity contribution in [2.75, 3.05) is 6.54 Å². The van der Waals surface area contributed by atoms with Crippen molar-refractivity contribution in [1.82, 2.24) is 15.1 Å². The number of hydrogen-bond acceptors (Lipinski definition) is 2. The summed E-state index contributed by atoms with van der Waals surface area (Å²) in [6.07, 6.45) is 0.810. The van der Waals surface area contributed by atoms with Crippen LogP contribution in [0, 0.1) is 20.8 Å². The van der Waals surface area contributed by atoms with E-state index in [1.807, 2.05) is 19.2 Å². The van der Waals surface area contributed by atoms with Gasteiger partial charge in [0.2, 0.25) is 0 Å². The second-order valence-electron chi connectivity index (χ2n) is 6.83. The first-order valence-electron chi connectivity index (χ1n) is 8.89. The number of nitrogens with zero attached hydrogens (tertiary/aromatic N) is 2. The van der Waals surface area contributed by atoms with Crippen molar-refractivity contribution in [3.8, 4) is 11.3 Å². The van der Waals surface area contributed by atoms with E-state index in [1.165, 1.54) is 22.3 Å². The largest absolute Gasteiger partial charge is 0.350 e. The molecule has 0 unspecified atom stereocenters. The molecule has 26 heavy (non-hydrogen) atoms. The van der Waals surface area contributed by atoms with Gasteiger partial charge >= 0.3 is 0 Å². The van der Waals surface area contributed by atoms with E-state index in [1.54, 1.807) is 4.68 Å². The van der Waals surface area contributed by atoms with Crippen molar-refractivity contribution in [2.24, 2.45) is 7.05 Å². The highest BCUT2D eigenvalue weighted by Crippen LogP contribution is 2.22. The normalized spacial score (nSPS) is 10.8. The molecular formula is C22H25N3O. The first kappa shape index (κ1) is 17.9. The molecule has 0 saturated carbocycles. The molecule has 1 heterocycles. The predicted molar refractivity (Wildman–Crippen MR) is 105 cm³/mol. The Morgan fingerprint density at radius 2 is 1.85 bits per heavy atom. The molecule has 3 aromatic rings. The summed E-state index contributed by atoms with van der Waals surface area (Å²) in [6.45, 7) is 6.85. The van der Waals surface area contributed by atoms with E-state index < -0.39 is 0 Å². The van der Waals surface area contributed by atoms with E-state index >= 15 is 0 Å². The third kappa shape index (κ3) is 4.02. The van der Waals surface area contributed by atoms with Gasteiger partial charge in [-0.1, -0.05) is 42.0 Å². The fourth-order valence-corrected chi connectivity index (χ4v) is 3.03. The Hall–Kier alpha value is -2.88. The van der Waals surface area contributed by atoms with Gasteiger partial charge in [-0.15, -0.1) is 0 Å². The first-order valence-corrected chi connectivity index (χ1v) is 8.89. The number of hydrogen-bond donors (Lipinski definition) is 1. The number of aromatic nitrogens is 2. The lowest BCUT2D eigenvalue weighted by atomic mass is 10.0. The van der Waals surface area contributed by atoms with E-state index in [4.69, 9.17) is 0 Å². The van der Waals surface area contributed by atoms with E-state index in [9.17, 15) is 4.79 Å². The van der Waals surface area contributed by atoms with Gasteiger partial charge in [-0.2, -0.15) is 5.10 Å². The topological polar surface area (TPSA) is 46.9 Å². The lowest BCUT2D eigenvalue weighted by molar-refractivity contribution is 0.0948. The van der Waals surface area contributed by atoms with Gasteiger partial charge in [0.1, 0.15) is 0 Å². The highest BCUT2D eigenvalue weighted by atomic mass is 16.1. The fraction of sp³-hybridized carbons (Fsp3) is 0.273. The van der Waals surface area contributed by atoms with Crippen LogP contribution in [0.1, 0.15) is 32.7 Å². The molecule has 0 aliphatic carbocycles. The van der Waals surface area contributed by atoms with Gasteiger partial charge in [-0.3, -0.25) is 9.48 Å². The van der Waals surface area contributed by atoms with Crippen LogP contribution in [0.5, 0.6) is 0 Å². The molecule has 1 N–H and O–H groups in total. The molecule has 3 rings (SSSR count). The number of aryl methyl sites for hydroxylation is 4. The third-order valence-corrected chi connectivity index (χ3v) is 4.70. The number of amides is 1. The molecule has 4 heteroatoms. The Kier molecular flexibility index (Phi) is 5.21. The van der Waals surface area contributed by atoms with E-state index in [-0.39, 0.29) is 5.91 Å². The maximum Gasteiger partial charge on any atom is 0.271 e. The summed E-state index contributed by atoms with van der Waals surface area (Å²) in [6, 6.07) is 16.5. The molecule has 1 aromatic heterocycles. The molecule has 4 nitrogen and oxygen atoms in total. The number of carbonyl (C=O) groups is 1. The zero-order chi connectivity index (χ0) is 18.7. The van der Waals surface area contributed by atoms with Gasteiger partial charge < -0.3 is 5.32 Å². The van der Waals surface area contributed by atoms with Crippen molar-refractivity contribution in [2.45, 2.75) is 27.2 Å². The minimum Gasteiger partial charge on any atom is -0.350 e. The van der Waals surface area contributed by atoms with Crippen molar-refractivity contribution in [1.29, 1.82) is 0 Å². The van der Waals surface area contributed by atoms with E-state index in [0.29, 0.717) is 12.2 Å². The summed E-state index contributed by atoms with van der Waals surface area (Å²) >= 11 is 0. The maximum atomic E-state index is 12.4. The Bertz CT molecular complexity index is 940. The molecule has 0 saturated heterocycles. The van der Waals surface area contributed by atoms with Crippen molar-refractivity contribution < 1.29 is 4.79 Å². The number of rotatable bonds is 5.